The molecule has 0 aromatic heterocycles. The zero-order valence-electron chi connectivity index (χ0n) is 12.6. The van der Waals surface area contributed by atoms with Crippen molar-refractivity contribution in [1.29, 1.82) is 0 Å². The molecule has 0 aliphatic carbocycles. The van der Waals surface area contributed by atoms with Crippen molar-refractivity contribution in [2.45, 2.75) is 13.1 Å². The molecule has 1 unspecified atom stereocenters. The highest BCUT2D eigenvalue weighted by Gasteiger charge is 2.24. The maximum atomic E-state index is 12.1. The summed E-state index contributed by atoms with van der Waals surface area (Å²) in [4.78, 5) is 12.1. The summed E-state index contributed by atoms with van der Waals surface area (Å²) in [5, 5.41) is 6.59. The van der Waals surface area contributed by atoms with Gasteiger partial charge in [-0.15, -0.1) is 0 Å². The molecule has 1 aliphatic rings. The summed E-state index contributed by atoms with van der Waals surface area (Å²) in [6.07, 6.45) is -0.313. The fourth-order valence-corrected chi connectivity index (χ4v) is 2.55. The van der Waals surface area contributed by atoms with Crippen molar-refractivity contribution in [2.75, 3.05) is 18.5 Å². The molecule has 1 aliphatic heterocycles. The van der Waals surface area contributed by atoms with Crippen molar-refractivity contribution >= 4 is 23.2 Å². The van der Waals surface area contributed by atoms with Crippen LogP contribution >= 0.6 is 11.6 Å². The van der Waals surface area contributed by atoms with Gasteiger partial charge in [-0.3, -0.25) is 4.79 Å². The van der Waals surface area contributed by atoms with Crippen molar-refractivity contribution < 1.29 is 14.3 Å². The lowest BCUT2D eigenvalue weighted by atomic mass is 10.1. The van der Waals surface area contributed by atoms with Crippen LogP contribution < -0.4 is 20.1 Å². The van der Waals surface area contributed by atoms with Gasteiger partial charge in [0.25, 0.3) is 5.91 Å². The molecule has 1 amide bonds. The smallest absolute Gasteiger partial charge is 0.255 e. The lowest BCUT2D eigenvalue weighted by Gasteiger charge is -2.27. The number of carbonyl (C=O) groups excluding carboxylic acids is 1. The van der Waals surface area contributed by atoms with Gasteiger partial charge in [0.1, 0.15) is 24.3 Å². The molecule has 23 heavy (non-hydrogen) atoms. The summed E-state index contributed by atoms with van der Waals surface area (Å²) in [5.41, 5.74) is 1.28. The minimum absolute atomic E-state index is 0.169. The van der Waals surface area contributed by atoms with E-state index in [1.54, 1.807) is 18.2 Å². The maximum Gasteiger partial charge on any atom is 0.255 e. The highest BCUT2D eigenvalue weighted by molar-refractivity contribution is 6.31. The first-order valence-corrected chi connectivity index (χ1v) is 7.76. The summed E-state index contributed by atoms with van der Waals surface area (Å²) in [5.74, 6) is 1.28. The number of halogens is 1. The fourth-order valence-electron chi connectivity index (χ4n) is 2.37. The number of fused-ring (bicyclic) bond motifs is 1. The van der Waals surface area contributed by atoms with Crippen molar-refractivity contribution in [3.63, 3.8) is 0 Å². The molecular weight excluding hydrogens is 316 g/mol. The molecular formula is C17H17ClN2O3. The van der Waals surface area contributed by atoms with Gasteiger partial charge in [0.15, 0.2) is 0 Å². The van der Waals surface area contributed by atoms with Crippen LogP contribution in [0.1, 0.15) is 17.3 Å². The van der Waals surface area contributed by atoms with Gasteiger partial charge in [0.05, 0.1) is 12.2 Å². The lowest BCUT2D eigenvalue weighted by Crippen LogP contribution is -2.48. The van der Waals surface area contributed by atoms with Gasteiger partial charge in [-0.1, -0.05) is 17.7 Å². The molecule has 0 spiro atoms. The molecule has 1 atom stereocenters. The SMILES string of the molecule is CCOc1cccc(OCC2NC(=O)c3cc(Cl)ccc3N2)c1. The predicted molar refractivity (Wildman–Crippen MR) is 89.4 cm³/mol. The van der Waals surface area contributed by atoms with Crippen LogP contribution in [0.2, 0.25) is 5.02 Å². The van der Waals surface area contributed by atoms with Gasteiger partial charge in [-0.25, -0.2) is 0 Å². The van der Waals surface area contributed by atoms with Crippen molar-refractivity contribution in [2.24, 2.45) is 0 Å². The Morgan fingerprint density at radius 2 is 1.87 bits per heavy atom. The van der Waals surface area contributed by atoms with Crippen molar-refractivity contribution in [1.82, 2.24) is 5.32 Å². The van der Waals surface area contributed by atoms with Gasteiger partial charge in [-0.2, -0.15) is 0 Å². The molecule has 1 heterocycles. The van der Waals surface area contributed by atoms with Gasteiger partial charge in [0, 0.05) is 16.8 Å². The maximum absolute atomic E-state index is 12.1. The second-order valence-corrected chi connectivity index (χ2v) is 5.52. The molecule has 120 valence electrons. The molecule has 5 nitrogen and oxygen atoms in total. The zero-order chi connectivity index (χ0) is 16.2. The Morgan fingerprint density at radius 1 is 1.09 bits per heavy atom. The summed E-state index contributed by atoms with van der Waals surface area (Å²) in [6, 6.07) is 12.6. The average Bonchev–Trinajstić information content (AvgIpc) is 2.54. The number of amides is 1. The standard InChI is InChI=1S/C17H17ClN2O3/c1-2-22-12-4-3-5-13(9-12)23-10-16-19-15-7-6-11(18)8-14(15)17(21)20-16/h3-9,16,19H,2,10H2,1H3,(H,20,21). The normalized spacial score (nSPS) is 16.1. The van der Waals surface area contributed by atoms with Crippen LogP contribution in [0, 0.1) is 0 Å². The third kappa shape index (κ3) is 3.68. The van der Waals surface area contributed by atoms with E-state index in [0.29, 0.717) is 29.5 Å². The number of carbonyl (C=O) groups is 1. The van der Waals surface area contributed by atoms with E-state index in [1.165, 1.54) is 0 Å². The van der Waals surface area contributed by atoms with E-state index >= 15 is 0 Å². The van der Waals surface area contributed by atoms with E-state index in [0.717, 1.165) is 11.4 Å². The zero-order valence-corrected chi connectivity index (χ0v) is 13.4. The van der Waals surface area contributed by atoms with Crippen LogP contribution in [0.5, 0.6) is 11.5 Å². The summed E-state index contributed by atoms with van der Waals surface area (Å²) >= 11 is 5.92. The van der Waals surface area contributed by atoms with Crippen LogP contribution in [0.3, 0.4) is 0 Å². The Morgan fingerprint density at radius 3 is 2.65 bits per heavy atom. The molecule has 0 fully saturated rings. The first-order valence-electron chi connectivity index (χ1n) is 7.38. The summed E-state index contributed by atoms with van der Waals surface area (Å²) in [7, 11) is 0. The number of hydrogen-bond acceptors (Lipinski definition) is 4. The molecule has 0 saturated heterocycles. The van der Waals surface area contributed by atoms with E-state index in [9.17, 15) is 4.79 Å². The van der Waals surface area contributed by atoms with E-state index in [1.807, 2.05) is 31.2 Å². The summed E-state index contributed by atoms with van der Waals surface area (Å²) < 4.78 is 11.2. The van der Waals surface area contributed by atoms with Crippen molar-refractivity contribution in [3.8, 4) is 11.5 Å². The lowest BCUT2D eigenvalue weighted by molar-refractivity contribution is 0.0921. The van der Waals surface area contributed by atoms with E-state index in [2.05, 4.69) is 10.6 Å². The minimum atomic E-state index is -0.313. The highest BCUT2D eigenvalue weighted by Crippen LogP contribution is 2.24. The van der Waals surface area contributed by atoms with Crippen molar-refractivity contribution in [3.05, 3.63) is 53.1 Å². The molecule has 6 heteroatoms. The monoisotopic (exact) mass is 332 g/mol. The minimum Gasteiger partial charge on any atom is -0.494 e. The molecule has 3 rings (SSSR count). The molecule has 2 N–H and O–H groups in total. The predicted octanol–water partition coefficient (Wildman–Crippen LogP) is 3.30. The van der Waals surface area contributed by atoms with Gasteiger partial charge in [0.2, 0.25) is 0 Å². The summed E-state index contributed by atoms with van der Waals surface area (Å²) in [6.45, 7) is 2.82. The third-order valence-electron chi connectivity index (χ3n) is 3.39. The van der Waals surface area contributed by atoms with Crippen LogP contribution in [0.25, 0.3) is 0 Å². The molecule has 0 radical (unpaired) electrons. The number of nitrogens with one attached hydrogen (secondary N) is 2. The Bertz CT molecular complexity index is 721. The second kappa shape index (κ2) is 6.79. The van der Waals surface area contributed by atoms with Crippen LogP contribution in [-0.4, -0.2) is 25.3 Å². The fraction of sp³-hybridized carbons (Fsp3) is 0.235. The van der Waals surface area contributed by atoms with E-state index in [-0.39, 0.29) is 12.1 Å². The Hall–Kier alpha value is -2.40. The van der Waals surface area contributed by atoms with Crippen LogP contribution in [0.4, 0.5) is 5.69 Å². The van der Waals surface area contributed by atoms with Crippen LogP contribution in [-0.2, 0) is 0 Å². The Kier molecular flexibility index (Phi) is 4.57. The molecule has 0 bridgehead atoms. The number of rotatable bonds is 5. The first kappa shape index (κ1) is 15.5. The Labute approximate surface area is 139 Å². The van der Waals surface area contributed by atoms with Crippen LogP contribution in [0.15, 0.2) is 42.5 Å². The third-order valence-corrected chi connectivity index (χ3v) is 3.63. The van der Waals surface area contributed by atoms with E-state index in [4.69, 9.17) is 21.1 Å². The average molecular weight is 333 g/mol. The molecule has 0 saturated carbocycles. The number of benzene rings is 2. The topological polar surface area (TPSA) is 59.6 Å². The Balaban J connectivity index is 1.65. The largest absolute Gasteiger partial charge is 0.494 e. The molecule has 2 aromatic carbocycles. The van der Waals surface area contributed by atoms with E-state index < -0.39 is 0 Å². The molecule has 2 aromatic rings. The quantitative estimate of drug-likeness (QED) is 0.882. The number of hydrogen-bond donors (Lipinski definition) is 2. The number of anilines is 1. The van der Waals surface area contributed by atoms with Gasteiger partial charge >= 0.3 is 0 Å². The second-order valence-electron chi connectivity index (χ2n) is 5.08. The first-order chi connectivity index (χ1) is 11.2. The highest BCUT2D eigenvalue weighted by atomic mass is 35.5. The van der Waals surface area contributed by atoms with Gasteiger partial charge < -0.3 is 20.1 Å². The number of ether oxygens (including phenoxy) is 2. The van der Waals surface area contributed by atoms with Gasteiger partial charge in [-0.05, 0) is 37.3 Å².